The van der Waals surface area contributed by atoms with Gasteiger partial charge in [-0.2, -0.15) is 0 Å². The first kappa shape index (κ1) is 23.8. The van der Waals surface area contributed by atoms with Gasteiger partial charge in [-0.1, -0.05) is 0 Å². The summed E-state index contributed by atoms with van der Waals surface area (Å²) in [4.78, 5) is 23.5. The molecule has 24 heavy (non-hydrogen) atoms. The van der Waals surface area contributed by atoms with Crippen molar-refractivity contribution < 1.29 is 19.8 Å². The number of hydrogen-bond donors (Lipinski definition) is 2. The molecule has 0 fully saturated rings. The molecule has 0 saturated carbocycles. The number of aliphatic carboxylic acids is 2. The Morgan fingerprint density at radius 2 is 0.917 bits per heavy atom. The summed E-state index contributed by atoms with van der Waals surface area (Å²) in [5, 5.41) is 19.3. The van der Waals surface area contributed by atoms with Crippen molar-refractivity contribution in [1.82, 2.24) is 0 Å². The second-order valence-corrected chi connectivity index (χ2v) is 32.7. The fourth-order valence-corrected chi connectivity index (χ4v) is 29.8. The van der Waals surface area contributed by atoms with E-state index in [4.69, 9.17) is 0 Å². The molecule has 5 heteroatoms. The predicted octanol–water partition coefficient (Wildman–Crippen LogP) is 6.13. The first-order valence-electron chi connectivity index (χ1n) is 9.77. The van der Waals surface area contributed by atoms with Crippen LogP contribution in [-0.2, 0) is 9.59 Å². The minimum atomic E-state index is -3.93. The van der Waals surface area contributed by atoms with E-state index in [-0.39, 0.29) is 8.26 Å². The van der Waals surface area contributed by atoms with E-state index in [0.717, 1.165) is 70.2 Å². The summed E-state index contributed by atoms with van der Waals surface area (Å²) < 4.78 is 3.21. The summed E-state index contributed by atoms with van der Waals surface area (Å²) in [6.07, 6.45) is 9.60. The maximum atomic E-state index is 11.8. The van der Waals surface area contributed by atoms with Crippen LogP contribution in [0.25, 0.3) is 0 Å². The fourth-order valence-electron chi connectivity index (χ4n) is 4.06. The first-order chi connectivity index (χ1) is 11.3. The van der Waals surface area contributed by atoms with Gasteiger partial charge >= 0.3 is 150 Å². The van der Waals surface area contributed by atoms with Gasteiger partial charge in [-0.05, 0) is 0 Å². The molecule has 0 radical (unpaired) electrons. The average Bonchev–Trinajstić information content (AvgIpc) is 2.47. The molecule has 0 aliphatic rings. The van der Waals surface area contributed by atoms with Gasteiger partial charge in [-0.3, -0.25) is 0 Å². The average molecular weight is 540 g/mol. The number of rotatable bonds is 16. The van der Waals surface area contributed by atoms with Gasteiger partial charge in [0.15, 0.2) is 0 Å². The van der Waals surface area contributed by atoms with Gasteiger partial charge in [-0.15, -0.1) is 0 Å². The Hall–Kier alpha value is -0.177. The normalized spacial score (nSPS) is 13.4. The molecule has 0 aromatic heterocycles. The Kier molecular flexibility index (Phi) is 12.1. The number of carboxylic acids is 2. The molecular weight excluding hydrogens is 501 g/mol. The Labute approximate surface area is 149 Å². The van der Waals surface area contributed by atoms with Crippen molar-refractivity contribution in [2.75, 3.05) is 0 Å². The Balaban J connectivity index is 5.66. The molecule has 0 rings (SSSR count). The van der Waals surface area contributed by atoms with Crippen molar-refractivity contribution in [2.45, 2.75) is 99.2 Å². The van der Waals surface area contributed by atoms with Crippen LogP contribution in [0.2, 0.25) is 20.6 Å². The molecule has 0 atom stereocenters. The number of carboxylic acid groups (broad SMARTS) is 2. The van der Waals surface area contributed by atoms with E-state index in [1.807, 2.05) is 0 Å². The van der Waals surface area contributed by atoms with Gasteiger partial charge in [-0.25, -0.2) is 0 Å². The number of hydrogen-bond acceptors (Lipinski definition) is 2. The zero-order valence-electron chi connectivity index (χ0n) is 16.1. The van der Waals surface area contributed by atoms with E-state index in [2.05, 4.69) is 20.8 Å². The quantitative estimate of drug-likeness (QED) is 0.183. The monoisotopic (exact) mass is 540 g/mol. The third-order valence-electron chi connectivity index (χ3n) is 5.35. The van der Waals surface area contributed by atoms with E-state index >= 15 is 0 Å². The Morgan fingerprint density at radius 1 is 0.625 bits per heavy atom. The molecule has 0 spiro atoms. The van der Waals surface area contributed by atoms with Crippen LogP contribution in [-0.4, -0.2) is 40.9 Å². The molecule has 0 aromatic rings. The summed E-state index contributed by atoms with van der Waals surface area (Å²) in [5.74, 6) is -1.51. The second-order valence-electron chi connectivity index (χ2n) is 7.63. The van der Waals surface area contributed by atoms with Gasteiger partial charge in [0.05, 0.1) is 0 Å². The van der Waals surface area contributed by atoms with Crippen molar-refractivity contribution in [3.63, 3.8) is 0 Å². The van der Waals surface area contributed by atoms with Gasteiger partial charge in [0, 0.05) is 0 Å². The molecule has 0 saturated heterocycles. The Morgan fingerprint density at radius 3 is 1.12 bits per heavy atom. The molecular formula is C19H39BiO4. The number of unbranched alkanes of at least 4 members (excludes halogenated alkanes) is 6. The van der Waals surface area contributed by atoms with Gasteiger partial charge in [0.1, 0.15) is 0 Å². The van der Waals surface area contributed by atoms with Crippen LogP contribution < -0.4 is 0 Å². The zero-order chi connectivity index (χ0) is 18.5. The topological polar surface area (TPSA) is 74.6 Å². The molecule has 0 aliphatic carbocycles. The Bertz CT molecular complexity index is 332. The van der Waals surface area contributed by atoms with Gasteiger partial charge in [0.25, 0.3) is 0 Å². The molecule has 144 valence electrons. The van der Waals surface area contributed by atoms with E-state index < -0.39 is 30.7 Å². The minimum absolute atomic E-state index is 0.203. The number of carbonyl (C=O) groups is 2. The van der Waals surface area contributed by atoms with E-state index in [1.165, 1.54) is 0 Å². The van der Waals surface area contributed by atoms with Gasteiger partial charge in [0.2, 0.25) is 0 Å². The van der Waals surface area contributed by atoms with Crippen LogP contribution in [0.4, 0.5) is 0 Å². The van der Waals surface area contributed by atoms with Crippen molar-refractivity contribution in [3.8, 4) is 0 Å². The van der Waals surface area contributed by atoms with Crippen molar-refractivity contribution in [2.24, 2.45) is 0 Å². The van der Waals surface area contributed by atoms with Crippen LogP contribution >= 0.6 is 0 Å². The predicted molar refractivity (Wildman–Crippen MR) is 104 cm³/mol. The molecule has 0 bridgehead atoms. The molecule has 2 N–H and O–H groups in total. The van der Waals surface area contributed by atoms with Crippen LogP contribution in [0.5, 0.6) is 0 Å². The van der Waals surface area contributed by atoms with E-state index in [1.54, 1.807) is 0 Å². The van der Waals surface area contributed by atoms with Crippen LogP contribution in [0, 0.1) is 0 Å². The maximum absolute atomic E-state index is 11.8. The first-order valence-corrected chi connectivity index (χ1v) is 22.1. The van der Waals surface area contributed by atoms with Crippen LogP contribution in [0.1, 0.15) is 78.6 Å². The summed E-state index contributed by atoms with van der Waals surface area (Å²) in [6.45, 7) is 6.44. The summed E-state index contributed by atoms with van der Waals surface area (Å²) in [5.41, 5.74) is 0. The third kappa shape index (κ3) is 8.78. The van der Waals surface area contributed by atoms with E-state index in [0.29, 0.717) is 0 Å². The second kappa shape index (κ2) is 12.2. The van der Waals surface area contributed by atoms with Crippen LogP contribution in [0.3, 0.4) is 0 Å². The fraction of sp³-hybridized carbons (Fsp3) is 0.895. The summed E-state index contributed by atoms with van der Waals surface area (Å²) in [6, 6.07) is 0. The van der Waals surface area contributed by atoms with Gasteiger partial charge < -0.3 is 0 Å². The van der Waals surface area contributed by atoms with Crippen molar-refractivity contribution >= 4 is 30.7 Å². The SMILES string of the molecule is CCCC[CH2][Bi]([CH2]CCCC)([CH2]CCCC)([CH2]C(=O)O)[CH2]C(=O)O. The van der Waals surface area contributed by atoms with Crippen molar-refractivity contribution in [1.29, 1.82) is 0 Å². The molecule has 0 aromatic carbocycles. The zero-order valence-corrected chi connectivity index (χ0v) is 19.5. The molecule has 0 heterocycles. The molecule has 0 amide bonds. The summed E-state index contributed by atoms with van der Waals surface area (Å²) in [7, 11) is 0. The standard InChI is InChI=1S/3C5H11.2C2H3O2.Bi/c3*1-3-5-4-2;2*1-2(3)4;/h3*1,3-5H2,2H3;2*1H2,(H,3,4);. The molecule has 4 nitrogen and oxygen atoms in total. The van der Waals surface area contributed by atoms with Crippen LogP contribution in [0.15, 0.2) is 0 Å². The van der Waals surface area contributed by atoms with E-state index in [9.17, 15) is 19.8 Å². The third-order valence-corrected chi connectivity index (χ3v) is 32.8. The molecule has 0 unspecified atom stereocenters. The molecule has 0 aliphatic heterocycles. The summed E-state index contributed by atoms with van der Waals surface area (Å²) >= 11 is -3.93. The van der Waals surface area contributed by atoms with Crippen molar-refractivity contribution in [3.05, 3.63) is 0 Å².